The summed E-state index contributed by atoms with van der Waals surface area (Å²) in [4.78, 5) is 8.40. The van der Waals surface area contributed by atoms with Gasteiger partial charge in [0.25, 0.3) is 0 Å². The predicted octanol–water partition coefficient (Wildman–Crippen LogP) is 2.32. The highest BCUT2D eigenvalue weighted by Gasteiger charge is 2.17. The third kappa shape index (κ3) is 3.13. The average Bonchev–Trinajstić information content (AvgIpc) is 2.52. The Labute approximate surface area is 124 Å². The highest BCUT2D eigenvalue weighted by molar-refractivity contribution is 5.72. The number of nitrogens with zero attached hydrogens (tertiary/aromatic N) is 2. The maximum atomic E-state index is 10.4. The lowest BCUT2D eigenvalue weighted by molar-refractivity contribution is 0.459. The van der Waals surface area contributed by atoms with Crippen LogP contribution in [0.4, 0.5) is 5.82 Å². The van der Waals surface area contributed by atoms with Crippen molar-refractivity contribution in [3.63, 3.8) is 0 Å². The molecule has 1 aromatic heterocycles. The van der Waals surface area contributed by atoms with Gasteiger partial charge in [0.1, 0.15) is 12.0 Å². The van der Waals surface area contributed by atoms with Crippen molar-refractivity contribution in [3.8, 4) is 17.0 Å². The van der Waals surface area contributed by atoms with Crippen LogP contribution in [0, 0.1) is 6.92 Å². The summed E-state index contributed by atoms with van der Waals surface area (Å²) in [5.74, 6) is 0.646. The van der Waals surface area contributed by atoms with Crippen molar-refractivity contribution in [1.82, 2.24) is 15.3 Å². The van der Waals surface area contributed by atoms with Crippen molar-refractivity contribution >= 4 is 5.82 Å². The van der Waals surface area contributed by atoms with Crippen molar-refractivity contribution in [3.05, 3.63) is 36.2 Å². The smallest absolute Gasteiger partial charge is 0.185 e. The maximum absolute atomic E-state index is 10.4. The van der Waals surface area contributed by atoms with E-state index in [1.165, 1.54) is 11.9 Å². The molecule has 3 rings (SSSR count). The fourth-order valence-electron chi connectivity index (χ4n) is 2.57. The molecule has 5 heteroatoms. The molecular weight excluding hydrogens is 264 g/mol. The number of aromatic nitrogens is 2. The topological polar surface area (TPSA) is 70.1 Å². The molecule has 1 aromatic carbocycles. The Bertz CT molecular complexity index is 606. The predicted molar refractivity (Wildman–Crippen MR) is 83.4 cm³/mol. The largest absolute Gasteiger partial charge is 0.503 e. The number of aromatic hydroxyl groups is 1. The lowest BCUT2D eigenvalue weighted by Crippen LogP contribution is -2.35. The number of anilines is 1. The Balaban J connectivity index is 1.85. The molecule has 1 saturated heterocycles. The molecule has 110 valence electrons. The second-order valence-electron chi connectivity index (χ2n) is 5.45. The van der Waals surface area contributed by atoms with Crippen LogP contribution < -0.4 is 10.6 Å². The van der Waals surface area contributed by atoms with Gasteiger partial charge in [-0.2, -0.15) is 0 Å². The molecule has 0 radical (unpaired) electrons. The third-order valence-corrected chi connectivity index (χ3v) is 3.83. The van der Waals surface area contributed by atoms with Crippen LogP contribution >= 0.6 is 0 Å². The molecule has 1 aliphatic rings. The molecule has 3 N–H and O–H groups in total. The fraction of sp³-hybridized carbons (Fsp3) is 0.375. The monoisotopic (exact) mass is 284 g/mol. The molecule has 21 heavy (non-hydrogen) atoms. The summed E-state index contributed by atoms with van der Waals surface area (Å²) in [6.45, 7) is 4.02. The van der Waals surface area contributed by atoms with E-state index in [9.17, 15) is 5.11 Å². The van der Waals surface area contributed by atoms with E-state index in [0.29, 0.717) is 17.6 Å². The van der Waals surface area contributed by atoms with Crippen LogP contribution in [0.15, 0.2) is 30.6 Å². The maximum Gasteiger partial charge on any atom is 0.185 e. The highest BCUT2D eigenvalue weighted by Crippen LogP contribution is 2.32. The summed E-state index contributed by atoms with van der Waals surface area (Å²) < 4.78 is 0. The quantitative estimate of drug-likeness (QED) is 0.807. The van der Waals surface area contributed by atoms with Crippen LogP contribution in [-0.4, -0.2) is 34.2 Å². The van der Waals surface area contributed by atoms with Crippen LogP contribution in [0.25, 0.3) is 11.3 Å². The Hall–Kier alpha value is -2.14. The van der Waals surface area contributed by atoms with Crippen LogP contribution in [0.3, 0.4) is 0 Å². The van der Waals surface area contributed by atoms with E-state index in [1.54, 1.807) is 0 Å². The van der Waals surface area contributed by atoms with Crippen LogP contribution in [-0.2, 0) is 0 Å². The fourth-order valence-corrected chi connectivity index (χ4v) is 2.57. The zero-order valence-electron chi connectivity index (χ0n) is 12.1. The minimum absolute atomic E-state index is 0.125. The number of nitrogens with one attached hydrogen (secondary N) is 2. The summed E-state index contributed by atoms with van der Waals surface area (Å²) >= 11 is 0. The van der Waals surface area contributed by atoms with Gasteiger partial charge in [0.15, 0.2) is 11.6 Å². The lowest BCUT2D eigenvalue weighted by atomic mass is 10.1. The van der Waals surface area contributed by atoms with E-state index < -0.39 is 0 Å². The van der Waals surface area contributed by atoms with E-state index in [-0.39, 0.29) is 5.75 Å². The Kier molecular flexibility index (Phi) is 4.01. The van der Waals surface area contributed by atoms with E-state index in [4.69, 9.17) is 0 Å². The Morgan fingerprint density at radius 1 is 1.14 bits per heavy atom. The van der Waals surface area contributed by atoms with Gasteiger partial charge in [-0.15, -0.1) is 0 Å². The zero-order chi connectivity index (χ0) is 14.7. The standard InChI is InChI=1S/C16H20N4O/c1-11-2-4-12(5-3-11)14-15(21)16(19-10-18-14)20-13-6-8-17-9-7-13/h2-5,10,13,17,21H,6-9H2,1H3,(H,18,19,20). The zero-order valence-corrected chi connectivity index (χ0v) is 12.1. The van der Waals surface area contributed by atoms with Gasteiger partial charge in [-0.1, -0.05) is 29.8 Å². The first-order valence-corrected chi connectivity index (χ1v) is 7.32. The van der Waals surface area contributed by atoms with Gasteiger partial charge in [-0.25, -0.2) is 9.97 Å². The van der Waals surface area contributed by atoms with Crippen molar-refractivity contribution in [2.24, 2.45) is 0 Å². The van der Waals surface area contributed by atoms with E-state index >= 15 is 0 Å². The van der Waals surface area contributed by atoms with E-state index in [0.717, 1.165) is 31.5 Å². The van der Waals surface area contributed by atoms with Crippen molar-refractivity contribution in [2.75, 3.05) is 18.4 Å². The average molecular weight is 284 g/mol. The molecule has 5 nitrogen and oxygen atoms in total. The van der Waals surface area contributed by atoms with Crippen LogP contribution in [0.2, 0.25) is 0 Å². The summed E-state index contributed by atoms with van der Waals surface area (Å²) in [6, 6.07) is 8.29. The van der Waals surface area contributed by atoms with Gasteiger partial charge in [0.2, 0.25) is 0 Å². The Morgan fingerprint density at radius 2 is 1.86 bits per heavy atom. The SMILES string of the molecule is Cc1ccc(-c2ncnc(NC3CCNCC3)c2O)cc1. The van der Waals surface area contributed by atoms with Gasteiger partial charge < -0.3 is 15.7 Å². The summed E-state index contributed by atoms with van der Waals surface area (Å²) in [5.41, 5.74) is 2.65. The molecule has 0 aliphatic carbocycles. The summed E-state index contributed by atoms with van der Waals surface area (Å²) in [6.07, 6.45) is 3.56. The summed E-state index contributed by atoms with van der Waals surface area (Å²) in [5, 5.41) is 17.1. The Morgan fingerprint density at radius 3 is 2.57 bits per heavy atom. The van der Waals surface area contributed by atoms with Gasteiger partial charge in [-0.3, -0.25) is 0 Å². The lowest BCUT2D eigenvalue weighted by Gasteiger charge is -2.24. The molecule has 2 aromatic rings. The van der Waals surface area contributed by atoms with Gasteiger partial charge in [0.05, 0.1) is 0 Å². The van der Waals surface area contributed by atoms with Gasteiger partial charge in [0, 0.05) is 11.6 Å². The number of aryl methyl sites for hydroxylation is 1. The number of hydrogen-bond acceptors (Lipinski definition) is 5. The number of piperidine rings is 1. The first-order valence-electron chi connectivity index (χ1n) is 7.32. The summed E-state index contributed by atoms with van der Waals surface area (Å²) in [7, 11) is 0. The van der Waals surface area contributed by atoms with Gasteiger partial charge >= 0.3 is 0 Å². The van der Waals surface area contributed by atoms with Crippen LogP contribution in [0.1, 0.15) is 18.4 Å². The van der Waals surface area contributed by atoms with E-state index in [1.807, 2.05) is 31.2 Å². The first kappa shape index (κ1) is 13.8. The molecule has 0 bridgehead atoms. The van der Waals surface area contributed by atoms with Crippen molar-refractivity contribution in [1.29, 1.82) is 0 Å². The third-order valence-electron chi connectivity index (χ3n) is 3.83. The molecular formula is C16H20N4O. The number of rotatable bonds is 3. The molecule has 0 amide bonds. The minimum atomic E-state index is 0.125. The van der Waals surface area contributed by atoms with Crippen molar-refractivity contribution < 1.29 is 5.11 Å². The number of benzene rings is 1. The molecule has 1 aliphatic heterocycles. The normalized spacial score (nSPS) is 15.9. The molecule has 1 fully saturated rings. The van der Waals surface area contributed by atoms with Crippen molar-refractivity contribution in [2.45, 2.75) is 25.8 Å². The second kappa shape index (κ2) is 6.10. The van der Waals surface area contributed by atoms with Gasteiger partial charge in [-0.05, 0) is 32.9 Å². The molecule has 0 unspecified atom stereocenters. The molecule has 0 saturated carbocycles. The number of hydrogen-bond donors (Lipinski definition) is 3. The molecule has 2 heterocycles. The highest BCUT2D eigenvalue weighted by atomic mass is 16.3. The second-order valence-corrected chi connectivity index (χ2v) is 5.45. The molecule has 0 spiro atoms. The molecule has 0 atom stereocenters. The van der Waals surface area contributed by atoms with E-state index in [2.05, 4.69) is 20.6 Å². The van der Waals surface area contributed by atoms with Crippen LogP contribution in [0.5, 0.6) is 5.75 Å². The first-order chi connectivity index (χ1) is 10.2. The minimum Gasteiger partial charge on any atom is -0.503 e.